The molecule has 0 spiro atoms. The minimum absolute atomic E-state index is 0.0517. The van der Waals surface area contributed by atoms with Crippen LogP contribution in [0.1, 0.15) is 32.5 Å². The molecule has 1 fully saturated rings. The Morgan fingerprint density at radius 3 is 2.33 bits per heavy atom. The van der Waals surface area contributed by atoms with Crippen LogP contribution in [0.25, 0.3) is 0 Å². The number of nitrogens with one attached hydrogen (secondary N) is 2. The average Bonchev–Trinajstić information content (AvgIpc) is 3.27. The van der Waals surface area contributed by atoms with Crippen molar-refractivity contribution in [3.63, 3.8) is 0 Å². The number of hydrogen-bond donors (Lipinski definition) is 2. The van der Waals surface area contributed by atoms with Crippen molar-refractivity contribution < 1.29 is 22.8 Å². The van der Waals surface area contributed by atoms with Crippen molar-refractivity contribution in [2.45, 2.75) is 19.5 Å². The minimum atomic E-state index is -3.08. The molecule has 8 nitrogen and oxygen atoms in total. The molecule has 160 valence electrons. The summed E-state index contributed by atoms with van der Waals surface area (Å²) in [5.74, 6) is -0.946. The zero-order valence-electron chi connectivity index (χ0n) is 16.5. The number of amides is 3. The van der Waals surface area contributed by atoms with Gasteiger partial charge < -0.3 is 15.5 Å². The maximum atomic E-state index is 12.5. The Morgan fingerprint density at radius 2 is 1.73 bits per heavy atom. The van der Waals surface area contributed by atoms with Gasteiger partial charge in [0.05, 0.1) is 16.4 Å². The van der Waals surface area contributed by atoms with Gasteiger partial charge in [-0.2, -0.15) is 0 Å². The van der Waals surface area contributed by atoms with Gasteiger partial charge in [0.25, 0.3) is 11.8 Å². The van der Waals surface area contributed by atoms with E-state index in [9.17, 15) is 22.8 Å². The second-order valence-corrected chi connectivity index (χ2v) is 10.3. The van der Waals surface area contributed by atoms with Gasteiger partial charge in [0.2, 0.25) is 5.91 Å². The summed E-state index contributed by atoms with van der Waals surface area (Å²) in [6.45, 7) is 2.21. The third kappa shape index (κ3) is 5.67. The monoisotopic (exact) mass is 449 g/mol. The number of benzene rings is 1. The van der Waals surface area contributed by atoms with E-state index in [1.807, 2.05) is 11.4 Å². The van der Waals surface area contributed by atoms with Crippen molar-refractivity contribution in [1.29, 1.82) is 0 Å². The van der Waals surface area contributed by atoms with E-state index in [0.717, 1.165) is 5.56 Å². The maximum absolute atomic E-state index is 12.5. The number of sulfone groups is 1. The molecule has 0 saturated carbocycles. The fourth-order valence-electron chi connectivity index (χ4n) is 3.00. The largest absolute Gasteiger partial charge is 0.347 e. The predicted octanol–water partition coefficient (Wildman–Crippen LogP) is 1.05. The van der Waals surface area contributed by atoms with Gasteiger partial charge in [-0.05, 0) is 36.1 Å². The molecule has 30 heavy (non-hydrogen) atoms. The smallest absolute Gasteiger partial charge is 0.261 e. The highest BCUT2D eigenvalue weighted by Gasteiger charge is 2.28. The van der Waals surface area contributed by atoms with Crippen molar-refractivity contribution in [2.24, 2.45) is 0 Å². The van der Waals surface area contributed by atoms with Crippen molar-refractivity contribution >= 4 is 38.9 Å². The minimum Gasteiger partial charge on any atom is -0.347 e. The van der Waals surface area contributed by atoms with Gasteiger partial charge >= 0.3 is 0 Å². The molecule has 1 atom stereocenters. The van der Waals surface area contributed by atoms with E-state index >= 15 is 0 Å². The van der Waals surface area contributed by atoms with Crippen LogP contribution < -0.4 is 10.6 Å². The first-order chi connectivity index (χ1) is 14.2. The van der Waals surface area contributed by atoms with Gasteiger partial charge in [-0.15, -0.1) is 11.3 Å². The lowest BCUT2D eigenvalue weighted by molar-refractivity contribution is -0.132. The summed E-state index contributed by atoms with van der Waals surface area (Å²) < 4.78 is 23.0. The number of hydrogen-bond acceptors (Lipinski definition) is 6. The standard InChI is InChI=1S/C20H23N3O5S2/c1-14(20(26)23-8-11-30(27,28)12-9-23)22-18(24)16-6-4-15(5-7-16)13-21-19(25)17-3-2-10-29-17/h2-7,10,14H,8-9,11-13H2,1H3,(H,21,25)(H,22,24). The molecule has 0 aliphatic carbocycles. The molecule has 1 aliphatic rings. The zero-order valence-corrected chi connectivity index (χ0v) is 18.1. The third-order valence-electron chi connectivity index (χ3n) is 4.79. The quantitative estimate of drug-likeness (QED) is 0.685. The molecular weight excluding hydrogens is 426 g/mol. The van der Waals surface area contributed by atoms with Crippen LogP contribution in [0.15, 0.2) is 41.8 Å². The van der Waals surface area contributed by atoms with E-state index in [1.165, 1.54) is 16.2 Å². The Kier molecular flexibility index (Phi) is 6.88. The number of carbonyl (C=O) groups excluding carboxylic acids is 3. The molecule has 1 unspecified atom stereocenters. The Balaban J connectivity index is 1.50. The molecule has 2 aromatic rings. The van der Waals surface area contributed by atoms with Crippen LogP contribution in [0.2, 0.25) is 0 Å². The van der Waals surface area contributed by atoms with E-state index in [4.69, 9.17) is 0 Å². The topological polar surface area (TPSA) is 113 Å². The Bertz CT molecular complexity index is 1000. The van der Waals surface area contributed by atoms with Crippen LogP contribution in [0.4, 0.5) is 0 Å². The molecule has 0 radical (unpaired) electrons. The highest BCUT2D eigenvalue weighted by Crippen LogP contribution is 2.10. The van der Waals surface area contributed by atoms with Gasteiger partial charge in [-0.3, -0.25) is 14.4 Å². The molecule has 1 aliphatic heterocycles. The Morgan fingerprint density at radius 1 is 1.07 bits per heavy atom. The Hall–Kier alpha value is -2.72. The van der Waals surface area contributed by atoms with E-state index in [2.05, 4.69) is 10.6 Å². The normalized spacial score (nSPS) is 16.5. The molecule has 1 saturated heterocycles. The van der Waals surface area contributed by atoms with Crippen molar-refractivity contribution in [3.05, 3.63) is 57.8 Å². The molecule has 2 heterocycles. The van der Waals surface area contributed by atoms with Crippen LogP contribution in [-0.2, 0) is 21.2 Å². The van der Waals surface area contributed by atoms with E-state index in [1.54, 1.807) is 37.3 Å². The molecule has 0 bridgehead atoms. The van der Waals surface area contributed by atoms with E-state index in [-0.39, 0.29) is 36.4 Å². The Labute approximate surface area is 179 Å². The van der Waals surface area contributed by atoms with Crippen molar-refractivity contribution in [3.8, 4) is 0 Å². The van der Waals surface area contributed by atoms with Gasteiger partial charge in [0, 0.05) is 25.2 Å². The fraction of sp³-hybridized carbons (Fsp3) is 0.350. The van der Waals surface area contributed by atoms with Crippen LogP contribution in [0.5, 0.6) is 0 Å². The number of thiophene rings is 1. The number of nitrogens with zero attached hydrogens (tertiary/aromatic N) is 1. The first-order valence-electron chi connectivity index (χ1n) is 9.46. The highest BCUT2D eigenvalue weighted by atomic mass is 32.2. The van der Waals surface area contributed by atoms with E-state index < -0.39 is 21.8 Å². The van der Waals surface area contributed by atoms with Gasteiger partial charge in [-0.1, -0.05) is 18.2 Å². The fourth-order valence-corrected chi connectivity index (χ4v) is 4.84. The number of rotatable bonds is 6. The van der Waals surface area contributed by atoms with Gasteiger partial charge in [0.1, 0.15) is 6.04 Å². The summed E-state index contributed by atoms with van der Waals surface area (Å²) in [5.41, 5.74) is 1.24. The predicted molar refractivity (Wildman–Crippen MR) is 114 cm³/mol. The first kappa shape index (κ1) is 22.0. The van der Waals surface area contributed by atoms with Gasteiger partial charge in [-0.25, -0.2) is 8.42 Å². The second kappa shape index (κ2) is 9.40. The van der Waals surface area contributed by atoms with Crippen LogP contribution in [0.3, 0.4) is 0 Å². The summed E-state index contributed by atoms with van der Waals surface area (Å²) in [4.78, 5) is 39.0. The summed E-state index contributed by atoms with van der Waals surface area (Å²) in [6.07, 6.45) is 0. The van der Waals surface area contributed by atoms with Crippen LogP contribution in [-0.4, -0.2) is 61.7 Å². The van der Waals surface area contributed by atoms with Crippen molar-refractivity contribution in [2.75, 3.05) is 24.6 Å². The lowest BCUT2D eigenvalue weighted by atomic mass is 10.1. The molecule has 2 N–H and O–H groups in total. The summed E-state index contributed by atoms with van der Waals surface area (Å²) in [5, 5.41) is 7.31. The molecular formula is C20H23N3O5S2. The first-order valence-corrected chi connectivity index (χ1v) is 12.2. The maximum Gasteiger partial charge on any atom is 0.261 e. The lowest BCUT2D eigenvalue weighted by Gasteiger charge is -2.29. The molecule has 1 aromatic heterocycles. The highest BCUT2D eigenvalue weighted by molar-refractivity contribution is 7.91. The average molecular weight is 450 g/mol. The van der Waals surface area contributed by atoms with Crippen LogP contribution in [0, 0.1) is 0 Å². The third-order valence-corrected chi connectivity index (χ3v) is 7.27. The summed E-state index contributed by atoms with van der Waals surface area (Å²) >= 11 is 1.36. The summed E-state index contributed by atoms with van der Waals surface area (Å²) in [6, 6.07) is 9.55. The van der Waals surface area contributed by atoms with Crippen LogP contribution >= 0.6 is 11.3 Å². The zero-order chi connectivity index (χ0) is 21.7. The number of carbonyl (C=O) groups is 3. The SMILES string of the molecule is CC(NC(=O)c1ccc(CNC(=O)c2cccs2)cc1)C(=O)N1CCS(=O)(=O)CC1. The van der Waals surface area contributed by atoms with E-state index in [0.29, 0.717) is 17.0 Å². The molecule has 10 heteroatoms. The molecule has 3 rings (SSSR count). The lowest BCUT2D eigenvalue weighted by Crippen LogP contribution is -2.51. The molecule has 1 aromatic carbocycles. The second-order valence-electron chi connectivity index (χ2n) is 7.03. The molecule has 3 amide bonds. The van der Waals surface area contributed by atoms with Crippen molar-refractivity contribution in [1.82, 2.24) is 15.5 Å². The van der Waals surface area contributed by atoms with Gasteiger partial charge in [0.15, 0.2) is 9.84 Å². The summed E-state index contributed by atoms with van der Waals surface area (Å²) in [7, 11) is -3.08.